The minimum absolute atomic E-state index is 0.526. The summed E-state index contributed by atoms with van der Waals surface area (Å²) in [4.78, 5) is 10.3. The molecule has 0 saturated heterocycles. The summed E-state index contributed by atoms with van der Waals surface area (Å²) in [6, 6.07) is 7.53. The first kappa shape index (κ1) is 16.7. The molecule has 5 nitrogen and oxygen atoms in total. The predicted molar refractivity (Wildman–Crippen MR) is 99.9 cm³/mol. The van der Waals surface area contributed by atoms with Crippen LogP contribution in [0.3, 0.4) is 0 Å². The van der Waals surface area contributed by atoms with Gasteiger partial charge in [-0.3, -0.25) is 4.68 Å². The Balaban J connectivity index is 1.53. The van der Waals surface area contributed by atoms with Crippen molar-refractivity contribution in [3.8, 4) is 11.3 Å². The highest BCUT2D eigenvalue weighted by atomic mass is 32.1. The summed E-state index contributed by atoms with van der Waals surface area (Å²) in [5.41, 5.74) is 0.863. The molecule has 0 spiro atoms. The number of hydrogen-bond acceptors (Lipinski definition) is 5. The molecule has 27 heavy (non-hydrogen) atoms. The van der Waals surface area contributed by atoms with Gasteiger partial charge in [0.2, 0.25) is 0 Å². The predicted octanol–water partition coefficient (Wildman–Crippen LogP) is 4.34. The van der Waals surface area contributed by atoms with E-state index in [4.69, 9.17) is 0 Å². The largest absolute Gasteiger partial charge is 0.384 e. The van der Waals surface area contributed by atoms with Crippen molar-refractivity contribution < 1.29 is 13.9 Å². The van der Waals surface area contributed by atoms with Crippen LogP contribution in [0.15, 0.2) is 36.7 Å². The number of thiophene rings is 1. The number of aromatic nitrogens is 4. The first-order chi connectivity index (χ1) is 12.9. The number of hydrogen-bond donors (Lipinski definition) is 1. The zero-order valence-electron chi connectivity index (χ0n) is 14.5. The van der Waals surface area contributed by atoms with Crippen molar-refractivity contribution in [2.45, 2.75) is 37.8 Å². The lowest BCUT2D eigenvalue weighted by Gasteiger charge is -2.42. The number of halogens is 2. The number of fused-ring (bicyclic) bond motifs is 2. The average molecular weight is 386 g/mol. The lowest BCUT2D eigenvalue weighted by molar-refractivity contribution is -0.208. The Morgan fingerprint density at radius 1 is 1.22 bits per heavy atom. The third kappa shape index (κ3) is 2.71. The maximum atomic E-state index is 13.2. The Bertz CT molecular complexity index is 1180. The minimum Gasteiger partial charge on any atom is -0.384 e. The number of pyridine rings is 2. The zero-order valence-corrected chi connectivity index (χ0v) is 15.3. The van der Waals surface area contributed by atoms with E-state index in [1.807, 2.05) is 36.0 Å². The van der Waals surface area contributed by atoms with Gasteiger partial charge in [-0.2, -0.15) is 5.10 Å². The molecule has 0 unspecified atom stereocenters. The number of aliphatic hydroxyl groups is 1. The Hall–Kier alpha value is -2.45. The van der Waals surface area contributed by atoms with Gasteiger partial charge < -0.3 is 5.11 Å². The van der Waals surface area contributed by atoms with Crippen LogP contribution in [0.4, 0.5) is 8.78 Å². The van der Waals surface area contributed by atoms with Crippen LogP contribution >= 0.6 is 11.3 Å². The maximum absolute atomic E-state index is 13.2. The number of aryl methyl sites for hydroxylation is 1. The summed E-state index contributed by atoms with van der Waals surface area (Å²) in [5, 5.41) is 16.6. The molecular formula is C19H16F2N4OS. The summed E-state index contributed by atoms with van der Waals surface area (Å²) in [6.07, 6.45) is 2.63. The number of rotatable bonds is 3. The van der Waals surface area contributed by atoms with Gasteiger partial charge in [0.1, 0.15) is 10.4 Å². The molecule has 1 aliphatic carbocycles. The van der Waals surface area contributed by atoms with E-state index >= 15 is 0 Å². The Morgan fingerprint density at radius 2 is 2.04 bits per heavy atom. The van der Waals surface area contributed by atoms with E-state index in [0.29, 0.717) is 10.5 Å². The monoisotopic (exact) mass is 386 g/mol. The van der Waals surface area contributed by atoms with Gasteiger partial charge in [0.15, 0.2) is 5.65 Å². The van der Waals surface area contributed by atoms with Gasteiger partial charge in [-0.05, 0) is 31.2 Å². The number of alkyl halides is 2. The molecule has 1 N–H and O–H groups in total. The third-order valence-corrected chi connectivity index (χ3v) is 6.21. The summed E-state index contributed by atoms with van der Waals surface area (Å²) >= 11 is 1.27. The standard InChI is InChI=1S/C19H16F2N4OS/c1-2-25-8-13-5-12(7-22-16(13)24-25)14-4-3-11-6-15(27-17(11)23-14)18(26)9-19(20,21)10-18/h3-8,26H,2,9-10H2,1H3. The highest BCUT2D eigenvalue weighted by Crippen LogP contribution is 2.53. The molecule has 0 bridgehead atoms. The van der Waals surface area contributed by atoms with E-state index in [-0.39, 0.29) is 0 Å². The van der Waals surface area contributed by atoms with Crippen molar-refractivity contribution in [3.63, 3.8) is 0 Å². The quantitative estimate of drug-likeness (QED) is 0.569. The lowest BCUT2D eigenvalue weighted by atomic mass is 9.75. The number of nitrogens with zero attached hydrogens (tertiary/aromatic N) is 4. The summed E-state index contributed by atoms with van der Waals surface area (Å²) < 4.78 is 28.3. The van der Waals surface area contributed by atoms with Crippen molar-refractivity contribution in [2.24, 2.45) is 0 Å². The smallest absolute Gasteiger partial charge is 0.254 e. The van der Waals surface area contributed by atoms with E-state index in [9.17, 15) is 13.9 Å². The fourth-order valence-electron chi connectivity index (χ4n) is 3.55. The molecule has 4 aromatic heterocycles. The maximum Gasteiger partial charge on any atom is 0.254 e. The first-order valence-corrected chi connectivity index (χ1v) is 9.52. The molecule has 4 aromatic rings. The topological polar surface area (TPSA) is 63.8 Å². The van der Waals surface area contributed by atoms with Crippen LogP contribution in [-0.4, -0.2) is 30.8 Å². The molecule has 1 saturated carbocycles. The summed E-state index contributed by atoms with van der Waals surface area (Å²) in [6.45, 7) is 2.79. The summed E-state index contributed by atoms with van der Waals surface area (Å²) in [5.74, 6) is -2.78. The van der Waals surface area contributed by atoms with Crippen LogP contribution in [0.1, 0.15) is 24.6 Å². The molecular weight excluding hydrogens is 370 g/mol. The lowest BCUT2D eigenvalue weighted by Crippen LogP contribution is -2.48. The Labute approximate surface area is 157 Å². The second kappa shape index (κ2) is 5.53. The Kier molecular flexibility index (Phi) is 3.42. The second-order valence-corrected chi connectivity index (χ2v) is 8.09. The summed E-state index contributed by atoms with van der Waals surface area (Å²) in [7, 11) is 0. The van der Waals surface area contributed by atoms with Gasteiger partial charge in [-0.1, -0.05) is 0 Å². The molecule has 0 atom stereocenters. The minimum atomic E-state index is -2.78. The zero-order chi connectivity index (χ0) is 18.8. The molecule has 0 amide bonds. The van der Waals surface area contributed by atoms with Crippen LogP contribution in [0.5, 0.6) is 0 Å². The van der Waals surface area contributed by atoms with E-state index in [1.165, 1.54) is 11.3 Å². The third-order valence-electron chi connectivity index (χ3n) is 4.97. The van der Waals surface area contributed by atoms with E-state index in [1.54, 1.807) is 12.3 Å². The average Bonchev–Trinajstić information content (AvgIpc) is 3.22. The van der Waals surface area contributed by atoms with Gasteiger partial charge in [0.25, 0.3) is 5.92 Å². The van der Waals surface area contributed by atoms with Crippen LogP contribution < -0.4 is 0 Å². The molecule has 0 aromatic carbocycles. The molecule has 5 rings (SSSR count). The second-order valence-electron chi connectivity index (χ2n) is 7.06. The van der Waals surface area contributed by atoms with Crippen LogP contribution in [0.25, 0.3) is 32.5 Å². The first-order valence-electron chi connectivity index (χ1n) is 8.70. The van der Waals surface area contributed by atoms with Gasteiger partial charge >= 0.3 is 0 Å². The van der Waals surface area contributed by atoms with Crippen molar-refractivity contribution >= 4 is 32.6 Å². The highest BCUT2D eigenvalue weighted by molar-refractivity contribution is 7.18. The molecule has 138 valence electrons. The fourth-order valence-corrected chi connectivity index (χ4v) is 4.67. The molecule has 0 aliphatic heterocycles. The van der Waals surface area contributed by atoms with Crippen molar-refractivity contribution in [2.75, 3.05) is 0 Å². The molecule has 0 radical (unpaired) electrons. The van der Waals surface area contributed by atoms with Crippen molar-refractivity contribution in [1.82, 2.24) is 19.7 Å². The van der Waals surface area contributed by atoms with Crippen molar-refractivity contribution in [3.05, 3.63) is 41.5 Å². The highest BCUT2D eigenvalue weighted by Gasteiger charge is 2.57. The van der Waals surface area contributed by atoms with Gasteiger partial charge in [-0.25, -0.2) is 18.7 Å². The van der Waals surface area contributed by atoms with Gasteiger partial charge in [-0.15, -0.1) is 11.3 Å². The van der Waals surface area contributed by atoms with Gasteiger partial charge in [0, 0.05) is 53.0 Å². The van der Waals surface area contributed by atoms with Gasteiger partial charge in [0.05, 0.1) is 5.69 Å². The molecule has 4 heterocycles. The molecule has 8 heteroatoms. The SMILES string of the molecule is CCn1cc2cc(-c3ccc4cc(C5(O)CC(F)(F)C5)sc4n3)cnc2n1. The van der Waals surface area contributed by atoms with Crippen LogP contribution in [0.2, 0.25) is 0 Å². The fraction of sp³-hybridized carbons (Fsp3) is 0.316. The van der Waals surface area contributed by atoms with Crippen LogP contribution in [-0.2, 0) is 12.1 Å². The van der Waals surface area contributed by atoms with E-state index in [2.05, 4.69) is 15.1 Å². The normalized spacial score (nSPS) is 18.1. The van der Waals surface area contributed by atoms with Crippen molar-refractivity contribution in [1.29, 1.82) is 0 Å². The Morgan fingerprint density at radius 3 is 2.78 bits per heavy atom. The van der Waals surface area contributed by atoms with E-state index < -0.39 is 24.4 Å². The molecule has 1 fully saturated rings. The molecule has 1 aliphatic rings. The van der Waals surface area contributed by atoms with Crippen LogP contribution in [0, 0.1) is 0 Å². The van der Waals surface area contributed by atoms with E-state index in [0.717, 1.165) is 33.4 Å².